The van der Waals surface area contributed by atoms with Gasteiger partial charge < -0.3 is 10.8 Å². The van der Waals surface area contributed by atoms with Gasteiger partial charge in [-0.2, -0.15) is 4.31 Å². The number of hydrogen-bond donors (Lipinski definition) is 2. The summed E-state index contributed by atoms with van der Waals surface area (Å²) in [6, 6.07) is 0.985. The van der Waals surface area contributed by atoms with Crippen molar-refractivity contribution in [3.05, 3.63) is 23.8 Å². The first-order valence-electron chi connectivity index (χ1n) is 6.16. The van der Waals surface area contributed by atoms with Gasteiger partial charge in [-0.05, 0) is 24.5 Å². The minimum Gasteiger partial charge on any atom is -0.399 e. The van der Waals surface area contributed by atoms with Crippen molar-refractivity contribution < 1.29 is 22.3 Å². The van der Waals surface area contributed by atoms with Gasteiger partial charge in [0.05, 0.1) is 12.6 Å². The van der Waals surface area contributed by atoms with Crippen molar-refractivity contribution in [3.63, 3.8) is 0 Å². The highest BCUT2D eigenvalue weighted by molar-refractivity contribution is 7.89. The van der Waals surface area contributed by atoms with Crippen LogP contribution in [0.2, 0.25) is 0 Å². The zero-order valence-corrected chi connectivity index (χ0v) is 11.7. The maximum atomic E-state index is 13.8. The molecule has 3 N–H and O–H groups in total. The van der Waals surface area contributed by atoms with Crippen LogP contribution in [0.25, 0.3) is 0 Å². The molecule has 1 aliphatic heterocycles. The molecule has 20 heavy (non-hydrogen) atoms. The van der Waals surface area contributed by atoms with Crippen LogP contribution >= 0.6 is 0 Å². The third kappa shape index (κ3) is 2.38. The summed E-state index contributed by atoms with van der Waals surface area (Å²) in [5.41, 5.74) is 5.21. The molecule has 0 saturated carbocycles. The highest BCUT2D eigenvalue weighted by Crippen LogP contribution is 2.32. The predicted molar refractivity (Wildman–Crippen MR) is 69.3 cm³/mol. The lowest BCUT2D eigenvalue weighted by Crippen LogP contribution is -2.40. The van der Waals surface area contributed by atoms with Crippen LogP contribution in [0, 0.1) is 17.6 Å². The fourth-order valence-electron chi connectivity index (χ4n) is 2.44. The van der Waals surface area contributed by atoms with Gasteiger partial charge in [0.2, 0.25) is 10.0 Å². The number of benzene rings is 1. The molecule has 5 nitrogen and oxygen atoms in total. The van der Waals surface area contributed by atoms with Crippen molar-refractivity contribution in [1.29, 1.82) is 0 Å². The summed E-state index contributed by atoms with van der Waals surface area (Å²) in [7, 11) is -4.23. The zero-order chi connectivity index (χ0) is 15.1. The van der Waals surface area contributed by atoms with E-state index in [-0.39, 0.29) is 24.8 Å². The SMILES string of the molecule is CC1CCN(S(=O)(=O)c2cc(N)cc(F)c2F)C1CO. The number of aliphatic hydroxyl groups is 1. The maximum Gasteiger partial charge on any atom is 0.246 e. The van der Waals surface area contributed by atoms with Crippen molar-refractivity contribution in [2.75, 3.05) is 18.9 Å². The summed E-state index contributed by atoms with van der Waals surface area (Å²) in [4.78, 5) is -0.789. The molecule has 8 heteroatoms. The number of nitrogens with two attached hydrogens (primary N) is 1. The molecule has 0 aliphatic carbocycles. The van der Waals surface area contributed by atoms with Crippen molar-refractivity contribution in [3.8, 4) is 0 Å². The topological polar surface area (TPSA) is 83.6 Å². The molecule has 1 aromatic rings. The lowest BCUT2D eigenvalue weighted by Gasteiger charge is -2.24. The van der Waals surface area contributed by atoms with Crippen LogP contribution in [0.1, 0.15) is 13.3 Å². The molecule has 1 aliphatic rings. The second-order valence-electron chi connectivity index (χ2n) is 4.95. The molecule has 1 fully saturated rings. The summed E-state index contributed by atoms with van der Waals surface area (Å²) in [5.74, 6) is -2.81. The van der Waals surface area contributed by atoms with Crippen LogP contribution in [0.4, 0.5) is 14.5 Å². The Bertz CT molecular complexity index is 621. The average Bonchev–Trinajstić information content (AvgIpc) is 2.75. The number of nitrogen functional groups attached to an aromatic ring is 1. The highest BCUT2D eigenvalue weighted by Gasteiger charge is 2.40. The summed E-state index contributed by atoms with van der Waals surface area (Å²) in [5, 5.41) is 9.30. The van der Waals surface area contributed by atoms with E-state index >= 15 is 0 Å². The third-order valence-electron chi connectivity index (χ3n) is 3.62. The van der Waals surface area contributed by atoms with E-state index in [1.807, 2.05) is 0 Å². The molecule has 0 radical (unpaired) electrons. The van der Waals surface area contributed by atoms with E-state index in [0.29, 0.717) is 6.42 Å². The first-order chi connectivity index (χ1) is 9.28. The van der Waals surface area contributed by atoms with E-state index in [4.69, 9.17) is 5.73 Å². The number of halogens is 2. The molecule has 2 rings (SSSR count). The van der Waals surface area contributed by atoms with E-state index in [2.05, 4.69) is 0 Å². The Morgan fingerprint density at radius 2 is 2.10 bits per heavy atom. The normalized spacial score (nSPS) is 24.2. The molecule has 112 valence electrons. The molecular weight excluding hydrogens is 290 g/mol. The van der Waals surface area contributed by atoms with E-state index in [9.17, 15) is 22.3 Å². The second-order valence-corrected chi connectivity index (χ2v) is 6.81. The number of anilines is 1. The monoisotopic (exact) mass is 306 g/mol. The number of hydrogen-bond acceptors (Lipinski definition) is 4. The van der Waals surface area contributed by atoms with Gasteiger partial charge in [-0.15, -0.1) is 0 Å². The van der Waals surface area contributed by atoms with Crippen LogP contribution < -0.4 is 5.73 Å². The molecule has 0 spiro atoms. The van der Waals surface area contributed by atoms with E-state index in [0.717, 1.165) is 16.4 Å². The molecule has 0 bridgehead atoms. The Labute approximate surface area is 116 Å². The van der Waals surface area contributed by atoms with Gasteiger partial charge in [-0.3, -0.25) is 0 Å². The van der Waals surface area contributed by atoms with Crippen molar-refractivity contribution in [2.45, 2.75) is 24.3 Å². The van der Waals surface area contributed by atoms with Crippen LogP contribution in [0.15, 0.2) is 17.0 Å². The molecule has 2 unspecified atom stereocenters. The van der Waals surface area contributed by atoms with Crippen molar-refractivity contribution in [2.24, 2.45) is 5.92 Å². The van der Waals surface area contributed by atoms with Crippen LogP contribution in [0.5, 0.6) is 0 Å². The number of rotatable bonds is 3. The standard InChI is InChI=1S/C12H16F2N2O3S/c1-7-2-3-16(10(7)6-17)20(18,19)11-5-8(15)4-9(13)12(11)14/h4-5,7,10,17H,2-3,6,15H2,1H3. The number of nitrogens with zero attached hydrogens (tertiary/aromatic N) is 1. The lowest BCUT2D eigenvalue weighted by molar-refractivity contribution is 0.191. The second kappa shape index (κ2) is 5.27. The maximum absolute atomic E-state index is 13.8. The minimum absolute atomic E-state index is 0.0521. The van der Waals surface area contributed by atoms with Gasteiger partial charge in [0.1, 0.15) is 4.90 Å². The molecule has 0 aromatic heterocycles. The summed E-state index contributed by atoms with van der Waals surface area (Å²) in [6.45, 7) is 1.59. The van der Waals surface area contributed by atoms with Crippen LogP contribution in [-0.4, -0.2) is 37.0 Å². The van der Waals surface area contributed by atoms with Gasteiger partial charge in [0.25, 0.3) is 0 Å². The molecule has 2 atom stereocenters. The third-order valence-corrected chi connectivity index (χ3v) is 5.55. The molecule has 1 aromatic carbocycles. The fourth-order valence-corrected chi connectivity index (χ4v) is 4.28. The molecule has 1 saturated heterocycles. The Morgan fingerprint density at radius 1 is 1.45 bits per heavy atom. The minimum atomic E-state index is -4.23. The van der Waals surface area contributed by atoms with E-state index in [1.54, 1.807) is 6.92 Å². The van der Waals surface area contributed by atoms with Gasteiger partial charge >= 0.3 is 0 Å². The first-order valence-corrected chi connectivity index (χ1v) is 7.60. The first kappa shape index (κ1) is 15.1. The Hall–Kier alpha value is -1.25. The Balaban J connectivity index is 2.51. The highest BCUT2D eigenvalue weighted by atomic mass is 32.2. The van der Waals surface area contributed by atoms with Gasteiger partial charge in [0.15, 0.2) is 11.6 Å². The molecule has 1 heterocycles. The van der Waals surface area contributed by atoms with E-state index in [1.165, 1.54) is 0 Å². The lowest BCUT2D eigenvalue weighted by atomic mass is 10.0. The van der Waals surface area contributed by atoms with E-state index < -0.39 is 32.6 Å². The Kier molecular flexibility index (Phi) is 3.99. The van der Waals surface area contributed by atoms with Crippen LogP contribution in [0.3, 0.4) is 0 Å². The van der Waals surface area contributed by atoms with Gasteiger partial charge in [-0.1, -0.05) is 6.92 Å². The van der Waals surface area contributed by atoms with Gasteiger partial charge in [0, 0.05) is 12.2 Å². The quantitative estimate of drug-likeness (QED) is 0.814. The van der Waals surface area contributed by atoms with Crippen LogP contribution in [-0.2, 0) is 10.0 Å². The average molecular weight is 306 g/mol. The fraction of sp³-hybridized carbons (Fsp3) is 0.500. The number of sulfonamides is 1. The smallest absolute Gasteiger partial charge is 0.246 e. The zero-order valence-electron chi connectivity index (χ0n) is 10.9. The Morgan fingerprint density at radius 3 is 2.70 bits per heavy atom. The molecular formula is C12H16F2N2O3S. The molecule has 0 amide bonds. The summed E-state index contributed by atoms with van der Waals surface area (Å²) < 4.78 is 52.9. The number of aliphatic hydroxyl groups excluding tert-OH is 1. The summed E-state index contributed by atoms with van der Waals surface area (Å²) >= 11 is 0. The predicted octanol–water partition coefficient (Wildman–Crippen LogP) is 0.938. The largest absolute Gasteiger partial charge is 0.399 e. The summed E-state index contributed by atoms with van der Waals surface area (Å²) in [6.07, 6.45) is 0.552. The van der Waals surface area contributed by atoms with Crippen molar-refractivity contribution in [1.82, 2.24) is 4.31 Å². The van der Waals surface area contributed by atoms with Gasteiger partial charge in [-0.25, -0.2) is 17.2 Å². The van der Waals surface area contributed by atoms with Crippen molar-refractivity contribution >= 4 is 15.7 Å².